The second-order valence-corrected chi connectivity index (χ2v) is 7.96. The lowest BCUT2D eigenvalue weighted by molar-refractivity contribution is -0.129. The van der Waals surface area contributed by atoms with E-state index in [0.29, 0.717) is 24.4 Å². The number of carbonyl (C=O) groups excluding carboxylic acids is 1. The molecule has 158 valence electrons. The van der Waals surface area contributed by atoms with Crippen LogP contribution in [0.3, 0.4) is 0 Å². The monoisotopic (exact) mass is 429 g/mol. The number of halogens is 1. The van der Waals surface area contributed by atoms with E-state index in [1.807, 2.05) is 43.0 Å². The van der Waals surface area contributed by atoms with Gasteiger partial charge in [-0.15, -0.1) is 5.10 Å². The van der Waals surface area contributed by atoms with Crippen molar-refractivity contribution in [2.24, 2.45) is 5.92 Å². The zero-order chi connectivity index (χ0) is 21.4. The number of ether oxygens (including phenoxy) is 2. The summed E-state index contributed by atoms with van der Waals surface area (Å²) < 4.78 is 12.8. The van der Waals surface area contributed by atoms with Crippen LogP contribution in [-0.2, 0) is 4.79 Å². The normalized spacial score (nSPS) is 18.6. The Kier molecular flexibility index (Phi) is 5.51. The van der Waals surface area contributed by atoms with E-state index in [1.165, 1.54) is 4.52 Å². The van der Waals surface area contributed by atoms with Crippen molar-refractivity contribution in [2.45, 2.75) is 39.3 Å². The Morgan fingerprint density at radius 3 is 2.63 bits per heavy atom. The van der Waals surface area contributed by atoms with Gasteiger partial charge in [0.2, 0.25) is 5.91 Å². The Balaban J connectivity index is 1.48. The molecule has 0 spiro atoms. The molecule has 4 rings (SSSR count). The van der Waals surface area contributed by atoms with Crippen LogP contribution in [0.1, 0.15) is 37.7 Å². The molecule has 1 aliphatic rings. The second kappa shape index (κ2) is 8.10. The summed E-state index contributed by atoms with van der Waals surface area (Å²) in [6.45, 7) is 6.38. The number of fused-ring (bicyclic) bond motifs is 1. The molecule has 1 saturated heterocycles. The van der Waals surface area contributed by atoms with Gasteiger partial charge in [-0.1, -0.05) is 23.7 Å². The highest BCUT2D eigenvalue weighted by atomic mass is 35.5. The Hall–Kier alpha value is -2.87. The summed E-state index contributed by atoms with van der Waals surface area (Å²) in [4.78, 5) is 23.2. The lowest BCUT2D eigenvalue weighted by Gasteiger charge is -2.26. The SMILES string of the molecule is COc1ccc([C@H](C)N2C[C@H]([C@@H](C)Oc3nc(Cl)cc4nc(C)nn34)CC2=O)cc1. The summed E-state index contributed by atoms with van der Waals surface area (Å²) in [5.74, 6) is 1.53. The molecule has 1 aromatic carbocycles. The number of amides is 1. The Morgan fingerprint density at radius 1 is 1.20 bits per heavy atom. The standard InChI is InChI=1S/C21H24ClN5O3/c1-12(15-5-7-17(29-4)8-6-15)26-11-16(9-20(26)28)13(2)30-21-24-18(22)10-19-23-14(3)25-27(19)21/h5-8,10,12-13,16H,9,11H2,1-4H3/t12-,13+,16+/m0/s1. The first-order chi connectivity index (χ1) is 14.4. The van der Waals surface area contributed by atoms with Crippen LogP contribution in [0.25, 0.3) is 5.65 Å². The smallest absolute Gasteiger partial charge is 0.321 e. The lowest BCUT2D eigenvalue weighted by Crippen LogP contribution is -2.31. The fourth-order valence-electron chi connectivity index (χ4n) is 3.79. The quantitative estimate of drug-likeness (QED) is 0.558. The molecule has 0 aliphatic carbocycles. The first-order valence-corrected chi connectivity index (χ1v) is 10.2. The highest BCUT2D eigenvalue weighted by molar-refractivity contribution is 6.29. The van der Waals surface area contributed by atoms with Crippen LogP contribution in [0.5, 0.6) is 11.8 Å². The van der Waals surface area contributed by atoms with E-state index in [2.05, 4.69) is 15.1 Å². The minimum atomic E-state index is -0.249. The third kappa shape index (κ3) is 3.92. The number of carbonyl (C=O) groups is 1. The molecule has 1 fully saturated rings. The van der Waals surface area contributed by atoms with Crippen molar-refractivity contribution in [3.05, 3.63) is 46.9 Å². The highest BCUT2D eigenvalue weighted by Crippen LogP contribution is 2.32. The third-order valence-electron chi connectivity index (χ3n) is 5.58. The molecule has 0 radical (unpaired) electrons. The van der Waals surface area contributed by atoms with Crippen LogP contribution >= 0.6 is 11.6 Å². The fourth-order valence-corrected chi connectivity index (χ4v) is 3.96. The van der Waals surface area contributed by atoms with Gasteiger partial charge in [0.1, 0.15) is 22.8 Å². The van der Waals surface area contributed by atoms with Crippen molar-refractivity contribution in [2.75, 3.05) is 13.7 Å². The van der Waals surface area contributed by atoms with Crippen LogP contribution in [0.4, 0.5) is 0 Å². The molecule has 0 bridgehead atoms. The average Bonchev–Trinajstić information content (AvgIpc) is 3.29. The Morgan fingerprint density at radius 2 is 1.93 bits per heavy atom. The summed E-state index contributed by atoms with van der Waals surface area (Å²) in [6, 6.07) is 9.68. The predicted molar refractivity (Wildman–Crippen MR) is 112 cm³/mol. The molecule has 9 heteroatoms. The van der Waals surface area contributed by atoms with Gasteiger partial charge in [-0.25, -0.2) is 4.98 Å². The molecule has 1 amide bonds. The Bertz CT molecular complexity index is 1070. The lowest BCUT2D eigenvalue weighted by atomic mass is 10.0. The summed E-state index contributed by atoms with van der Waals surface area (Å²) in [7, 11) is 1.64. The van der Waals surface area contributed by atoms with E-state index in [1.54, 1.807) is 20.1 Å². The van der Waals surface area contributed by atoms with Gasteiger partial charge in [-0.05, 0) is 38.5 Å². The number of hydrogen-bond donors (Lipinski definition) is 0. The number of nitrogens with zero attached hydrogens (tertiary/aromatic N) is 5. The average molecular weight is 430 g/mol. The maximum Gasteiger partial charge on any atom is 0.321 e. The van der Waals surface area contributed by atoms with E-state index in [4.69, 9.17) is 21.1 Å². The molecule has 8 nitrogen and oxygen atoms in total. The van der Waals surface area contributed by atoms with E-state index < -0.39 is 0 Å². The Labute approximate surface area is 179 Å². The molecular weight excluding hydrogens is 406 g/mol. The number of likely N-dealkylation sites (tertiary alicyclic amines) is 1. The summed E-state index contributed by atoms with van der Waals surface area (Å²) in [5, 5.41) is 4.60. The van der Waals surface area contributed by atoms with E-state index in [0.717, 1.165) is 11.3 Å². The highest BCUT2D eigenvalue weighted by Gasteiger charge is 2.37. The topological polar surface area (TPSA) is 81.8 Å². The van der Waals surface area contributed by atoms with E-state index in [9.17, 15) is 4.79 Å². The third-order valence-corrected chi connectivity index (χ3v) is 5.77. The minimum absolute atomic E-state index is 0.0265. The van der Waals surface area contributed by atoms with Crippen LogP contribution in [0.2, 0.25) is 5.15 Å². The zero-order valence-electron chi connectivity index (χ0n) is 17.4. The molecule has 3 heterocycles. The fraction of sp³-hybridized carbons (Fsp3) is 0.429. The minimum Gasteiger partial charge on any atom is -0.497 e. The number of hydrogen-bond acceptors (Lipinski definition) is 6. The number of aryl methyl sites for hydroxylation is 1. The first-order valence-electron chi connectivity index (χ1n) is 9.85. The molecule has 3 aromatic rings. The maximum atomic E-state index is 12.7. The van der Waals surface area contributed by atoms with Gasteiger partial charge in [0.25, 0.3) is 0 Å². The van der Waals surface area contributed by atoms with Crippen molar-refractivity contribution >= 4 is 23.2 Å². The van der Waals surface area contributed by atoms with Gasteiger partial charge in [0, 0.05) is 24.9 Å². The van der Waals surface area contributed by atoms with Gasteiger partial charge in [-0.2, -0.15) is 9.50 Å². The van der Waals surface area contributed by atoms with Gasteiger partial charge < -0.3 is 14.4 Å². The van der Waals surface area contributed by atoms with Crippen LogP contribution < -0.4 is 9.47 Å². The van der Waals surface area contributed by atoms with Crippen molar-refractivity contribution in [1.82, 2.24) is 24.5 Å². The second-order valence-electron chi connectivity index (χ2n) is 7.57. The molecule has 2 aromatic heterocycles. The van der Waals surface area contributed by atoms with E-state index in [-0.39, 0.29) is 35.1 Å². The van der Waals surface area contributed by atoms with Crippen molar-refractivity contribution in [3.63, 3.8) is 0 Å². The zero-order valence-corrected chi connectivity index (χ0v) is 18.1. The molecule has 0 saturated carbocycles. The maximum absolute atomic E-state index is 12.7. The van der Waals surface area contributed by atoms with Crippen molar-refractivity contribution in [1.29, 1.82) is 0 Å². The summed E-state index contributed by atoms with van der Waals surface area (Å²) >= 11 is 6.11. The summed E-state index contributed by atoms with van der Waals surface area (Å²) in [6.07, 6.45) is 0.169. The molecule has 1 aliphatic heterocycles. The van der Waals surface area contributed by atoms with Crippen LogP contribution in [0, 0.1) is 12.8 Å². The van der Waals surface area contributed by atoms with Crippen LogP contribution in [0.15, 0.2) is 30.3 Å². The first kappa shape index (κ1) is 20.4. The molecule has 0 N–H and O–H groups in total. The van der Waals surface area contributed by atoms with Crippen molar-refractivity contribution < 1.29 is 14.3 Å². The number of methoxy groups -OCH3 is 1. The largest absolute Gasteiger partial charge is 0.497 e. The number of benzene rings is 1. The van der Waals surface area contributed by atoms with Crippen LogP contribution in [-0.4, -0.2) is 50.1 Å². The number of rotatable bonds is 6. The molecule has 0 unspecified atom stereocenters. The van der Waals surface area contributed by atoms with Gasteiger partial charge in [0.15, 0.2) is 5.65 Å². The van der Waals surface area contributed by atoms with Gasteiger partial charge in [-0.3, -0.25) is 4.79 Å². The van der Waals surface area contributed by atoms with Crippen molar-refractivity contribution in [3.8, 4) is 11.8 Å². The summed E-state index contributed by atoms with van der Waals surface area (Å²) in [5.41, 5.74) is 1.64. The molecular formula is C21H24ClN5O3. The predicted octanol–water partition coefficient (Wildman–Crippen LogP) is 3.47. The van der Waals surface area contributed by atoms with Gasteiger partial charge in [0.05, 0.1) is 13.2 Å². The molecule has 3 atom stereocenters. The van der Waals surface area contributed by atoms with E-state index >= 15 is 0 Å². The molecule has 30 heavy (non-hydrogen) atoms. The number of aromatic nitrogens is 4. The van der Waals surface area contributed by atoms with Gasteiger partial charge >= 0.3 is 6.01 Å².